The highest BCUT2D eigenvalue weighted by Gasteiger charge is 2.47. The number of amides is 2. The first kappa shape index (κ1) is 22.7. The van der Waals surface area contributed by atoms with Crippen molar-refractivity contribution in [1.82, 2.24) is 4.90 Å². The van der Waals surface area contributed by atoms with Gasteiger partial charge in [0.1, 0.15) is 5.54 Å². The first-order valence-corrected chi connectivity index (χ1v) is 11.8. The molecule has 34 heavy (non-hydrogen) atoms. The van der Waals surface area contributed by atoms with E-state index in [-0.39, 0.29) is 11.8 Å². The van der Waals surface area contributed by atoms with E-state index in [9.17, 15) is 9.59 Å². The Bertz CT molecular complexity index is 1260. The third-order valence-corrected chi connectivity index (χ3v) is 6.71. The second-order valence-electron chi connectivity index (χ2n) is 8.43. The zero-order valence-corrected chi connectivity index (χ0v) is 19.8. The Morgan fingerprint density at radius 2 is 1.76 bits per heavy atom. The molecule has 174 valence electrons. The quantitative estimate of drug-likeness (QED) is 0.524. The maximum atomic E-state index is 13.6. The van der Waals surface area contributed by atoms with Crippen LogP contribution in [-0.4, -0.2) is 43.0 Å². The van der Waals surface area contributed by atoms with E-state index in [1.165, 1.54) is 0 Å². The zero-order chi connectivity index (χ0) is 23.7. The molecule has 1 fully saturated rings. The van der Waals surface area contributed by atoms with Crippen LogP contribution in [0.3, 0.4) is 0 Å². The van der Waals surface area contributed by atoms with Gasteiger partial charge in [0.25, 0.3) is 11.8 Å². The summed E-state index contributed by atoms with van der Waals surface area (Å²) in [4.78, 5) is 28.7. The highest BCUT2D eigenvalue weighted by atomic mass is 35.5. The normalized spacial score (nSPS) is 19.5. The van der Waals surface area contributed by atoms with Crippen molar-refractivity contribution in [3.8, 4) is 0 Å². The lowest BCUT2D eigenvalue weighted by Gasteiger charge is -2.32. The lowest BCUT2D eigenvalue weighted by molar-refractivity contribution is -0.119. The van der Waals surface area contributed by atoms with Gasteiger partial charge < -0.3 is 20.3 Å². The van der Waals surface area contributed by atoms with Gasteiger partial charge in [-0.2, -0.15) is 0 Å². The van der Waals surface area contributed by atoms with Crippen LogP contribution in [0.5, 0.6) is 0 Å². The van der Waals surface area contributed by atoms with E-state index >= 15 is 0 Å². The number of halogens is 2. The van der Waals surface area contributed by atoms with Crippen molar-refractivity contribution in [2.75, 3.05) is 36.9 Å². The van der Waals surface area contributed by atoms with Crippen LogP contribution in [0.25, 0.3) is 0 Å². The van der Waals surface area contributed by atoms with Gasteiger partial charge in [-0.1, -0.05) is 53.5 Å². The predicted molar refractivity (Wildman–Crippen MR) is 134 cm³/mol. The molecule has 0 radical (unpaired) electrons. The number of nitrogens with one attached hydrogen (secondary N) is 2. The highest BCUT2D eigenvalue weighted by Crippen LogP contribution is 2.43. The molecule has 2 aliphatic rings. The molecule has 1 saturated heterocycles. The van der Waals surface area contributed by atoms with Crippen LogP contribution >= 0.6 is 23.2 Å². The summed E-state index contributed by atoms with van der Waals surface area (Å²) in [5.74, 6) is -0.322. The molecule has 5 rings (SSSR count). The number of para-hydroxylation sites is 1. The lowest BCUT2D eigenvalue weighted by atomic mass is 9.84. The van der Waals surface area contributed by atoms with Crippen molar-refractivity contribution >= 4 is 46.4 Å². The van der Waals surface area contributed by atoms with Gasteiger partial charge in [-0.05, 0) is 42.0 Å². The van der Waals surface area contributed by atoms with Crippen molar-refractivity contribution in [2.24, 2.45) is 0 Å². The third kappa shape index (κ3) is 4.25. The van der Waals surface area contributed by atoms with Gasteiger partial charge in [-0.3, -0.25) is 9.59 Å². The molecule has 0 spiro atoms. The monoisotopic (exact) mass is 495 g/mol. The Morgan fingerprint density at radius 1 is 1.00 bits per heavy atom. The molecule has 2 N–H and O–H groups in total. The number of benzene rings is 3. The number of carbonyl (C=O) groups is 2. The Balaban J connectivity index is 1.59. The topological polar surface area (TPSA) is 70.7 Å². The van der Waals surface area contributed by atoms with Crippen LogP contribution in [-0.2, 0) is 21.5 Å². The average Bonchev–Trinajstić information content (AvgIpc) is 3.09. The van der Waals surface area contributed by atoms with Gasteiger partial charge in [0, 0.05) is 46.5 Å². The highest BCUT2D eigenvalue weighted by molar-refractivity contribution is 6.31. The maximum Gasteiger partial charge on any atom is 0.256 e. The Morgan fingerprint density at radius 3 is 2.56 bits per heavy atom. The van der Waals surface area contributed by atoms with E-state index in [1.54, 1.807) is 29.2 Å². The first-order valence-electron chi connectivity index (χ1n) is 11.1. The van der Waals surface area contributed by atoms with E-state index in [0.29, 0.717) is 59.7 Å². The van der Waals surface area contributed by atoms with Crippen LogP contribution in [0.1, 0.15) is 21.5 Å². The summed E-state index contributed by atoms with van der Waals surface area (Å²) in [5, 5.41) is 7.54. The van der Waals surface area contributed by atoms with Crippen LogP contribution in [0.15, 0.2) is 66.7 Å². The van der Waals surface area contributed by atoms with Crippen molar-refractivity contribution in [1.29, 1.82) is 0 Å². The summed E-state index contributed by atoms with van der Waals surface area (Å²) in [6.45, 7) is 2.08. The van der Waals surface area contributed by atoms with Gasteiger partial charge in [0.2, 0.25) is 0 Å². The summed E-state index contributed by atoms with van der Waals surface area (Å²) >= 11 is 12.5. The number of rotatable bonds is 5. The van der Waals surface area contributed by atoms with E-state index < -0.39 is 5.54 Å². The molecule has 0 bridgehead atoms. The molecule has 2 heterocycles. The molecular weight excluding hydrogens is 473 g/mol. The number of fused-ring (bicyclic) bond motifs is 1. The Labute approximate surface area is 207 Å². The van der Waals surface area contributed by atoms with E-state index in [1.807, 2.05) is 42.5 Å². The Kier molecular flexibility index (Phi) is 6.21. The fourth-order valence-corrected chi connectivity index (χ4v) is 4.97. The van der Waals surface area contributed by atoms with Gasteiger partial charge in [0.05, 0.1) is 18.8 Å². The van der Waals surface area contributed by atoms with Crippen LogP contribution in [0.4, 0.5) is 11.4 Å². The molecule has 6 nitrogen and oxygen atoms in total. The van der Waals surface area contributed by atoms with Crippen molar-refractivity contribution < 1.29 is 14.3 Å². The van der Waals surface area contributed by atoms with E-state index in [2.05, 4.69) is 10.6 Å². The molecule has 1 unspecified atom stereocenters. The largest absolute Gasteiger partial charge is 0.378 e. The van der Waals surface area contributed by atoms with Crippen molar-refractivity contribution in [3.63, 3.8) is 0 Å². The number of ether oxygens (including phenoxy) is 1. The fourth-order valence-electron chi connectivity index (χ4n) is 4.59. The molecular formula is C26H23Cl2N3O3. The number of hydrogen-bond donors (Lipinski definition) is 2. The Hall–Kier alpha value is -3.06. The maximum absolute atomic E-state index is 13.6. The third-order valence-electron chi connectivity index (χ3n) is 6.24. The molecule has 1 atom stereocenters. The number of nitrogens with zero attached hydrogens (tertiary/aromatic N) is 1. The molecule has 0 aliphatic carbocycles. The lowest BCUT2D eigenvalue weighted by Crippen LogP contribution is -2.45. The minimum absolute atomic E-state index is 0.0981. The smallest absolute Gasteiger partial charge is 0.256 e. The first-order chi connectivity index (χ1) is 16.5. The van der Waals surface area contributed by atoms with Gasteiger partial charge in [-0.15, -0.1) is 0 Å². The number of morpholine rings is 1. The summed E-state index contributed by atoms with van der Waals surface area (Å²) in [6, 6.07) is 20.1. The summed E-state index contributed by atoms with van der Waals surface area (Å²) in [7, 11) is 0. The number of carbonyl (C=O) groups excluding carboxylic acids is 2. The zero-order valence-electron chi connectivity index (χ0n) is 18.3. The summed E-state index contributed by atoms with van der Waals surface area (Å²) in [5.41, 5.74) is 2.21. The molecule has 8 heteroatoms. The molecule has 0 saturated carbocycles. The van der Waals surface area contributed by atoms with Crippen LogP contribution < -0.4 is 10.6 Å². The van der Waals surface area contributed by atoms with Crippen molar-refractivity contribution in [2.45, 2.75) is 12.0 Å². The summed E-state index contributed by atoms with van der Waals surface area (Å²) in [6.07, 6.45) is 0.327. The second kappa shape index (κ2) is 9.29. The molecule has 3 aromatic carbocycles. The molecule has 2 aliphatic heterocycles. The van der Waals surface area contributed by atoms with Crippen molar-refractivity contribution in [3.05, 3.63) is 93.5 Å². The molecule has 2 amide bonds. The SMILES string of the molecule is O=C(c1ccccc1NC1(Cc2cccc(Cl)c2)C(=O)Nc2cc(Cl)ccc21)N1CCOCC1. The van der Waals surface area contributed by atoms with Crippen LogP contribution in [0, 0.1) is 0 Å². The number of anilines is 2. The van der Waals surface area contributed by atoms with Gasteiger partial charge in [-0.25, -0.2) is 0 Å². The van der Waals surface area contributed by atoms with E-state index in [0.717, 1.165) is 11.1 Å². The predicted octanol–water partition coefficient (Wildman–Crippen LogP) is 4.97. The molecule has 0 aromatic heterocycles. The van der Waals surface area contributed by atoms with Crippen LogP contribution in [0.2, 0.25) is 10.0 Å². The molecule has 3 aromatic rings. The van der Waals surface area contributed by atoms with E-state index in [4.69, 9.17) is 27.9 Å². The minimum atomic E-state index is -1.16. The fraction of sp³-hybridized carbons (Fsp3) is 0.231. The summed E-state index contributed by atoms with van der Waals surface area (Å²) < 4.78 is 5.39. The number of hydrogen-bond acceptors (Lipinski definition) is 4. The standard InChI is InChI=1S/C26H23Cl2N3O3/c27-18-5-3-4-17(14-18)16-26(21-9-8-19(28)15-23(21)29-25(26)33)30-22-7-2-1-6-20(22)24(32)31-10-12-34-13-11-31/h1-9,14-15,30H,10-13,16H2,(H,29,33). The second-order valence-corrected chi connectivity index (χ2v) is 9.30. The van der Waals surface area contributed by atoms with Gasteiger partial charge >= 0.3 is 0 Å². The average molecular weight is 496 g/mol. The minimum Gasteiger partial charge on any atom is -0.378 e. The van der Waals surface area contributed by atoms with Gasteiger partial charge in [0.15, 0.2) is 0 Å².